The summed E-state index contributed by atoms with van der Waals surface area (Å²) in [6, 6.07) is 22.7. The molecule has 7 rings (SSSR count). The number of ketones is 2. The molecular formula is C33H26BNO8. The molecular weight excluding hydrogens is 549 g/mol. The van der Waals surface area contributed by atoms with Gasteiger partial charge in [0.15, 0.2) is 11.6 Å². The van der Waals surface area contributed by atoms with Gasteiger partial charge >= 0.3 is 13.2 Å². The number of anilines is 1. The number of phenolic OH excluding ortho intramolecular Hbond substituents is 2. The quantitative estimate of drug-likeness (QED) is 0.209. The maximum Gasteiger partial charge on any atom is 0.494 e. The molecule has 1 heterocycles. The molecule has 9 nitrogen and oxygen atoms in total. The van der Waals surface area contributed by atoms with Crippen molar-refractivity contribution in [2.24, 2.45) is 0 Å². The number of hydrogen-bond acceptors (Lipinski definition) is 8. The Hall–Kier alpha value is -4.93. The number of nitrogens with one attached hydrogen (secondary N) is 1. The monoisotopic (exact) mass is 575 g/mol. The standard InChI is InChI=1S/C33H26BNO8/c1-18-11-13-20(14-12-18)35-32(40)41-17-33-15-23-25(24(16-33)42-34(43-33)19-7-3-2-4-8-19)31(39)27-26(30(23)38)28(36)21-9-5-6-10-22(21)29(27)37/h2-14,24,38-39H,15-17H2,1H3,(H,35,40)/t24-,33-/m0/s1. The fourth-order valence-corrected chi connectivity index (χ4v) is 6.24. The molecule has 2 atom stereocenters. The second-order valence-corrected chi connectivity index (χ2v) is 11.2. The van der Waals surface area contributed by atoms with Gasteiger partial charge in [0.1, 0.15) is 18.1 Å². The molecule has 4 aromatic rings. The summed E-state index contributed by atoms with van der Waals surface area (Å²) in [5, 5.41) is 25.8. The number of aromatic hydroxyl groups is 2. The highest BCUT2D eigenvalue weighted by molar-refractivity contribution is 6.61. The summed E-state index contributed by atoms with van der Waals surface area (Å²) in [4.78, 5) is 39.9. The fraction of sp³-hybridized carbons (Fsp3) is 0.182. The van der Waals surface area contributed by atoms with Gasteiger partial charge in [-0.2, -0.15) is 0 Å². The van der Waals surface area contributed by atoms with Crippen LogP contribution in [0.5, 0.6) is 11.5 Å². The second-order valence-electron chi connectivity index (χ2n) is 11.2. The summed E-state index contributed by atoms with van der Waals surface area (Å²) in [5.74, 6) is -1.94. The first-order valence-electron chi connectivity index (χ1n) is 13.9. The van der Waals surface area contributed by atoms with E-state index in [9.17, 15) is 24.6 Å². The Kier molecular flexibility index (Phi) is 6.34. The van der Waals surface area contributed by atoms with Crippen molar-refractivity contribution in [2.75, 3.05) is 11.9 Å². The van der Waals surface area contributed by atoms with Crippen molar-refractivity contribution >= 4 is 35.9 Å². The largest absolute Gasteiger partial charge is 0.507 e. The molecule has 4 aromatic carbocycles. The lowest BCUT2D eigenvalue weighted by molar-refractivity contribution is -0.0922. The van der Waals surface area contributed by atoms with Gasteiger partial charge < -0.3 is 24.3 Å². The van der Waals surface area contributed by atoms with Crippen molar-refractivity contribution in [1.82, 2.24) is 0 Å². The molecule has 10 heteroatoms. The van der Waals surface area contributed by atoms with Crippen molar-refractivity contribution in [3.8, 4) is 11.5 Å². The van der Waals surface area contributed by atoms with E-state index < -0.39 is 48.0 Å². The normalized spacial score (nSPS) is 20.1. The van der Waals surface area contributed by atoms with Gasteiger partial charge in [-0.1, -0.05) is 72.3 Å². The van der Waals surface area contributed by atoms with Crippen LogP contribution < -0.4 is 10.8 Å². The number of aryl methyl sites for hydroxylation is 1. The zero-order chi connectivity index (χ0) is 29.9. The number of hydrogen-bond donors (Lipinski definition) is 3. The Bertz CT molecular complexity index is 1810. The zero-order valence-electron chi connectivity index (χ0n) is 23.1. The lowest BCUT2D eigenvalue weighted by atomic mass is 9.68. The first-order valence-corrected chi connectivity index (χ1v) is 13.9. The van der Waals surface area contributed by atoms with Crippen LogP contribution in [0.2, 0.25) is 0 Å². The van der Waals surface area contributed by atoms with Crippen LogP contribution in [0, 0.1) is 6.92 Å². The molecule has 0 aromatic heterocycles. The summed E-state index contributed by atoms with van der Waals surface area (Å²) >= 11 is 0. The molecule has 1 amide bonds. The molecule has 214 valence electrons. The minimum absolute atomic E-state index is 0.0148. The average Bonchev–Trinajstić information content (AvgIpc) is 3.02. The highest BCUT2D eigenvalue weighted by Gasteiger charge is 2.53. The number of ether oxygens (including phenoxy) is 1. The molecule has 0 saturated carbocycles. The summed E-state index contributed by atoms with van der Waals surface area (Å²) in [6.45, 7) is 1.73. The number of carbonyl (C=O) groups excluding carboxylic acids is 3. The maximum atomic E-state index is 13.5. The minimum atomic E-state index is -1.18. The topological polar surface area (TPSA) is 131 Å². The first kappa shape index (κ1) is 26.9. The molecule has 0 radical (unpaired) electrons. The third kappa shape index (κ3) is 4.46. The lowest BCUT2D eigenvalue weighted by Gasteiger charge is -2.48. The highest BCUT2D eigenvalue weighted by Crippen LogP contribution is 2.53. The van der Waals surface area contributed by atoms with E-state index in [0.29, 0.717) is 11.2 Å². The third-order valence-electron chi connectivity index (χ3n) is 8.32. The zero-order valence-corrected chi connectivity index (χ0v) is 23.1. The first-order chi connectivity index (χ1) is 20.7. The third-order valence-corrected chi connectivity index (χ3v) is 8.32. The number of phenols is 2. The van der Waals surface area contributed by atoms with Crippen LogP contribution in [-0.2, 0) is 20.5 Å². The van der Waals surface area contributed by atoms with Crippen molar-refractivity contribution in [2.45, 2.75) is 31.5 Å². The SMILES string of the molecule is Cc1ccc(NC(=O)OC[C@]23Cc4c(O)c5c(c(O)c4[C@H](C2)OB(c2ccccc2)O3)C(=O)c2ccccc2C5=O)cc1. The molecule has 43 heavy (non-hydrogen) atoms. The van der Waals surface area contributed by atoms with Crippen molar-refractivity contribution in [3.63, 3.8) is 0 Å². The Morgan fingerprint density at radius 1 is 0.930 bits per heavy atom. The summed E-state index contributed by atoms with van der Waals surface area (Å²) in [5.41, 5.74) is 1.36. The van der Waals surface area contributed by atoms with Crippen LogP contribution in [0.25, 0.3) is 0 Å². The molecule has 2 aliphatic carbocycles. The molecule has 1 fully saturated rings. The number of fused-ring (bicyclic) bond motifs is 6. The van der Waals surface area contributed by atoms with Crippen LogP contribution in [0.15, 0.2) is 78.9 Å². The highest BCUT2D eigenvalue weighted by atomic mass is 16.6. The van der Waals surface area contributed by atoms with Gasteiger partial charge in [-0.15, -0.1) is 0 Å². The Morgan fingerprint density at radius 3 is 2.23 bits per heavy atom. The van der Waals surface area contributed by atoms with Crippen LogP contribution in [0.3, 0.4) is 0 Å². The van der Waals surface area contributed by atoms with Gasteiger partial charge in [0.25, 0.3) is 0 Å². The predicted molar refractivity (Wildman–Crippen MR) is 157 cm³/mol. The van der Waals surface area contributed by atoms with Gasteiger partial charge in [0, 0.05) is 40.8 Å². The number of carbonyl (C=O) groups is 3. The smallest absolute Gasteiger partial charge is 0.494 e. The number of rotatable bonds is 4. The van der Waals surface area contributed by atoms with E-state index >= 15 is 0 Å². The van der Waals surface area contributed by atoms with E-state index in [2.05, 4.69) is 5.32 Å². The lowest BCUT2D eigenvalue weighted by Crippen LogP contribution is -2.58. The van der Waals surface area contributed by atoms with E-state index in [1.54, 1.807) is 24.3 Å². The molecule has 0 unspecified atom stereocenters. The van der Waals surface area contributed by atoms with E-state index in [1.807, 2.05) is 49.4 Å². The molecule has 2 bridgehead atoms. The van der Waals surface area contributed by atoms with Crippen LogP contribution >= 0.6 is 0 Å². The second kappa shape index (κ2) is 10.1. The van der Waals surface area contributed by atoms with Gasteiger partial charge in [0.05, 0.1) is 22.8 Å². The average molecular weight is 575 g/mol. The van der Waals surface area contributed by atoms with E-state index in [0.717, 1.165) is 5.56 Å². The Morgan fingerprint density at radius 2 is 1.56 bits per heavy atom. The number of benzene rings is 4. The fourth-order valence-electron chi connectivity index (χ4n) is 6.24. The van der Waals surface area contributed by atoms with Gasteiger partial charge in [-0.05, 0) is 24.5 Å². The van der Waals surface area contributed by atoms with Crippen LogP contribution in [0.4, 0.5) is 10.5 Å². The van der Waals surface area contributed by atoms with Crippen molar-refractivity contribution in [1.29, 1.82) is 0 Å². The summed E-state index contributed by atoms with van der Waals surface area (Å²) in [7, 11) is -0.896. The minimum Gasteiger partial charge on any atom is -0.507 e. The molecule has 3 N–H and O–H groups in total. The summed E-state index contributed by atoms with van der Waals surface area (Å²) in [6.07, 6.45) is -1.39. The molecule has 1 saturated heterocycles. The van der Waals surface area contributed by atoms with E-state index in [-0.39, 0.29) is 52.8 Å². The Labute approximate surface area is 247 Å². The Balaban J connectivity index is 1.28. The molecule has 0 spiro atoms. The van der Waals surface area contributed by atoms with E-state index in [1.165, 1.54) is 12.1 Å². The van der Waals surface area contributed by atoms with Gasteiger partial charge in [-0.3, -0.25) is 14.9 Å². The van der Waals surface area contributed by atoms with Crippen molar-refractivity contribution in [3.05, 3.63) is 118 Å². The number of amides is 1. The van der Waals surface area contributed by atoms with E-state index in [4.69, 9.17) is 14.0 Å². The molecule has 3 aliphatic rings. The van der Waals surface area contributed by atoms with Crippen molar-refractivity contribution < 1.29 is 38.6 Å². The molecule has 1 aliphatic heterocycles. The van der Waals surface area contributed by atoms with Gasteiger partial charge in [-0.25, -0.2) is 4.79 Å². The maximum absolute atomic E-state index is 13.5. The summed E-state index contributed by atoms with van der Waals surface area (Å²) < 4.78 is 18.5. The van der Waals surface area contributed by atoms with Gasteiger partial charge in [0.2, 0.25) is 0 Å². The predicted octanol–water partition coefficient (Wildman–Crippen LogP) is 4.60. The van der Waals surface area contributed by atoms with Crippen LogP contribution in [-0.4, -0.2) is 47.2 Å². The van der Waals surface area contributed by atoms with Crippen LogP contribution in [0.1, 0.15) is 61.1 Å².